The standard InChI is InChI=1S/C27H37N3O4/c1-18(2)16-22(30-26(32)19-10-4-5-11-20(19)27(30)33)25(31)28-17-23(29-14-8-9-15-29)21-12-6-7-13-24(21)34-3/h4-7,12-13,18-20,22-23H,8-11,14-17H2,1-3H3,(H,28,31). The number of para-hydroxylation sites is 1. The topological polar surface area (TPSA) is 79.0 Å². The fourth-order valence-electron chi connectivity index (χ4n) is 5.66. The molecule has 3 aliphatic rings. The number of hydrogen-bond donors (Lipinski definition) is 1. The van der Waals surface area contributed by atoms with E-state index in [1.165, 1.54) is 4.90 Å². The lowest BCUT2D eigenvalue weighted by molar-refractivity contribution is -0.148. The number of likely N-dealkylation sites (tertiary alicyclic amines) is 2. The highest BCUT2D eigenvalue weighted by Crippen LogP contribution is 2.37. The van der Waals surface area contributed by atoms with Crippen LogP contribution in [0.15, 0.2) is 36.4 Å². The number of methoxy groups -OCH3 is 1. The summed E-state index contributed by atoms with van der Waals surface area (Å²) in [4.78, 5) is 43.6. The summed E-state index contributed by atoms with van der Waals surface area (Å²) >= 11 is 0. The van der Waals surface area contributed by atoms with Gasteiger partial charge in [-0.25, -0.2) is 0 Å². The van der Waals surface area contributed by atoms with Gasteiger partial charge in [0, 0.05) is 12.1 Å². The lowest BCUT2D eigenvalue weighted by atomic mass is 9.85. The van der Waals surface area contributed by atoms with Gasteiger partial charge >= 0.3 is 0 Å². The molecular formula is C27H37N3O4. The minimum absolute atomic E-state index is 0.0286. The lowest BCUT2D eigenvalue weighted by Crippen LogP contribution is -2.51. The van der Waals surface area contributed by atoms with Crippen molar-refractivity contribution in [3.05, 3.63) is 42.0 Å². The molecule has 0 radical (unpaired) electrons. The molecule has 0 aromatic heterocycles. The third-order valence-electron chi connectivity index (χ3n) is 7.40. The molecular weight excluding hydrogens is 430 g/mol. The van der Waals surface area contributed by atoms with E-state index in [9.17, 15) is 14.4 Å². The maximum Gasteiger partial charge on any atom is 0.243 e. The fourth-order valence-corrected chi connectivity index (χ4v) is 5.66. The number of hydrogen-bond acceptors (Lipinski definition) is 5. The zero-order valence-electron chi connectivity index (χ0n) is 20.5. The summed E-state index contributed by atoms with van der Waals surface area (Å²) in [7, 11) is 1.66. The molecule has 184 valence electrons. The van der Waals surface area contributed by atoms with E-state index in [0.29, 0.717) is 25.8 Å². The van der Waals surface area contributed by atoms with Gasteiger partial charge in [-0.3, -0.25) is 24.2 Å². The summed E-state index contributed by atoms with van der Waals surface area (Å²) < 4.78 is 5.61. The van der Waals surface area contributed by atoms with Gasteiger partial charge in [-0.05, 0) is 57.2 Å². The van der Waals surface area contributed by atoms with Gasteiger partial charge in [0.2, 0.25) is 17.7 Å². The highest BCUT2D eigenvalue weighted by Gasteiger charge is 2.51. The van der Waals surface area contributed by atoms with Gasteiger partial charge in [0.15, 0.2) is 0 Å². The number of amides is 3. The first-order valence-electron chi connectivity index (χ1n) is 12.6. The summed E-state index contributed by atoms with van der Waals surface area (Å²) in [5.74, 6) is -0.325. The van der Waals surface area contributed by atoms with E-state index in [4.69, 9.17) is 4.74 Å². The van der Waals surface area contributed by atoms with Gasteiger partial charge in [0.25, 0.3) is 0 Å². The Morgan fingerprint density at radius 3 is 2.26 bits per heavy atom. The molecule has 7 heteroatoms. The molecule has 0 saturated carbocycles. The molecule has 0 spiro atoms. The monoisotopic (exact) mass is 467 g/mol. The number of carbonyl (C=O) groups excluding carboxylic acids is 3. The van der Waals surface area contributed by atoms with Gasteiger partial charge < -0.3 is 10.1 Å². The van der Waals surface area contributed by atoms with Crippen LogP contribution in [0.3, 0.4) is 0 Å². The Kier molecular flexibility index (Phi) is 7.71. The molecule has 4 rings (SSSR count). The first-order chi connectivity index (χ1) is 16.4. The zero-order valence-corrected chi connectivity index (χ0v) is 20.5. The summed E-state index contributed by atoms with van der Waals surface area (Å²) in [5, 5.41) is 3.12. The number of fused-ring (bicyclic) bond motifs is 1. The molecule has 0 bridgehead atoms. The normalized spacial score (nSPS) is 24.4. The second-order valence-corrected chi connectivity index (χ2v) is 10.1. The van der Waals surface area contributed by atoms with Crippen LogP contribution in [0.25, 0.3) is 0 Å². The Morgan fingerprint density at radius 1 is 1.06 bits per heavy atom. The SMILES string of the molecule is COc1ccccc1C(CNC(=O)C(CC(C)C)N1C(=O)C2CC=CCC2C1=O)N1CCCC1. The third-order valence-corrected chi connectivity index (χ3v) is 7.40. The molecule has 34 heavy (non-hydrogen) atoms. The van der Waals surface area contributed by atoms with E-state index in [-0.39, 0.29) is 41.5 Å². The molecule has 1 aromatic rings. The third kappa shape index (κ3) is 4.90. The number of carbonyl (C=O) groups is 3. The first-order valence-corrected chi connectivity index (χ1v) is 12.6. The van der Waals surface area contributed by atoms with Crippen molar-refractivity contribution in [3.63, 3.8) is 0 Å². The largest absolute Gasteiger partial charge is 0.496 e. The van der Waals surface area contributed by atoms with Gasteiger partial charge in [0.1, 0.15) is 11.8 Å². The molecule has 2 fully saturated rings. The van der Waals surface area contributed by atoms with Crippen LogP contribution >= 0.6 is 0 Å². The van der Waals surface area contributed by atoms with Crippen LogP contribution in [0.2, 0.25) is 0 Å². The minimum Gasteiger partial charge on any atom is -0.496 e. The van der Waals surface area contributed by atoms with E-state index in [2.05, 4.69) is 10.2 Å². The van der Waals surface area contributed by atoms with E-state index >= 15 is 0 Å². The van der Waals surface area contributed by atoms with Crippen molar-refractivity contribution in [2.45, 2.75) is 58.0 Å². The summed E-state index contributed by atoms with van der Waals surface area (Å²) in [5.41, 5.74) is 1.04. The average Bonchev–Trinajstić information content (AvgIpc) is 3.45. The van der Waals surface area contributed by atoms with E-state index in [1.807, 2.05) is 50.3 Å². The maximum absolute atomic E-state index is 13.5. The first kappa shape index (κ1) is 24.5. The molecule has 4 atom stereocenters. The molecule has 1 aliphatic carbocycles. The van der Waals surface area contributed by atoms with E-state index in [0.717, 1.165) is 37.2 Å². The van der Waals surface area contributed by atoms with E-state index in [1.54, 1.807) is 7.11 Å². The van der Waals surface area contributed by atoms with Crippen LogP contribution in [0.1, 0.15) is 57.6 Å². The lowest BCUT2D eigenvalue weighted by Gasteiger charge is -2.31. The summed E-state index contributed by atoms with van der Waals surface area (Å²) in [6.07, 6.45) is 7.81. The van der Waals surface area contributed by atoms with Gasteiger partial charge in [0.05, 0.1) is 25.0 Å². The zero-order chi connectivity index (χ0) is 24.2. The number of nitrogens with one attached hydrogen (secondary N) is 1. The van der Waals surface area contributed by atoms with Gasteiger partial charge in [-0.1, -0.05) is 44.2 Å². The van der Waals surface area contributed by atoms with E-state index < -0.39 is 6.04 Å². The Labute approximate surface area is 202 Å². The Bertz CT molecular complexity index is 912. The Balaban J connectivity index is 1.54. The Morgan fingerprint density at radius 2 is 1.68 bits per heavy atom. The number of imide groups is 1. The molecule has 2 aliphatic heterocycles. The van der Waals surface area contributed by atoms with Gasteiger partial charge in [-0.15, -0.1) is 0 Å². The molecule has 1 N–H and O–H groups in total. The van der Waals surface area contributed by atoms with Crippen molar-refractivity contribution in [1.82, 2.24) is 15.1 Å². The minimum atomic E-state index is -0.775. The van der Waals surface area contributed by atoms with Crippen molar-refractivity contribution in [1.29, 1.82) is 0 Å². The van der Waals surface area contributed by atoms with Crippen LogP contribution in [-0.4, -0.2) is 60.3 Å². The van der Waals surface area contributed by atoms with Crippen molar-refractivity contribution in [3.8, 4) is 5.75 Å². The van der Waals surface area contributed by atoms with Crippen LogP contribution in [0.5, 0.6) is 5.75 Å². The predicted molar refractivity (Wildman–Crippen MR) is 130 cm³/mol. The van der Waals surface area contributed by atoms with Crippen molar-refractivity contribution < 1.29 is 19.1 Å². The Hall–Kier alpha value is -2.67. The second-order valence-electron chi connectivity index (χ2n) is 10.1. The summed E-state index contributed by atoms with van der Waals surface area (Å²) in [6, 6.07) is 7.12. The smallest absolute Gasteiger partial charge is 0.243 e. The molecule has 7 nitrogen and oxygen atoms in total. The number of nitrogens with zero attached hydrogens (tertiary/aromatic N) is 2. The molecule has 4 unspecified atom stereocenters. The molecule has 3 amide bonds. The highest BCUT2D eigenvalue weighted by molar-refractivity contribution is 6.08. The summed E-state index contributed by atoms with van der Waals surface area (Å²) in [6.45, 7) is 6.36. The van der Waals surface area contributed by atoms with Crippen molar-refractivity contribution >= 4 is 17.7 Å². The van der Waals surface area contributed by atoms with Crippen LogP contribution in [0.4, 0.5) is 0 Å². The van der Waals surface area contributed by atoms with Crippen LogP contribution in [0, 0.1) is 17.8 Å². The number of benzene rings is 1. The molecule has 1 aromatic carbocycles. The molecule has 2 heterocycles. The van der Waals surface area contributed by atoms with Crippen molar-refractivity contribution in [2.24, 2.45) is 17.8 Å². The predicted octanol–water partition coefficient (Wildman–Crippen LogP) is 3.31. The number of ether oxygens (including phenoxy) is 1. The molecule has 2 saturated heterocycles. The number of allylic oxidation sites excluding steroid dienone is 2. The van der Waals surface area contributed by atoms with Gasteiger partial charge in [-0.2, -0.15) is 0 Å². The van der Waals surface area contributed by atoms with Crippen molar-refractivity contribution in [2.75, 3.05) is 26.7 Å². The fraction of sp³-hybridized carbons (Fsp3) is 0.593. The quantitative estimate of drug-likeness (QED) is 0.445. The highest BCUT2D eigenvalue weighted by atomic mass is 16.5. The second kappa shape index (κ2) is 10.7. The van der Waals surface area contributed by atoms with Crippen LogP contribution < -0.4 is 10.1 Å². The number of rotatable bonds is 9. The maximum atomic E-state index is 13.5. The average molecular weight is 468 g/mol. The van der Waals surface area contributed by atoms with Crippen LogP contribution in [-0.2, 0) is 14.4 Å².